The van der Waals surface area contributed by atoms with Crippen LogP contribution < -0.4 is 0 Å². The fraction of sp³-hybridized carbons (Fsp3) is 0.607. The molecule has 3 aliphatic rings. The van der Waals surface area contributed by atoms with Crippen LogP contribution in [0.3, 0.4) is 0 Å². The lowest BCUT2D eigenvalue weighted by atomic mass is 9.88. The molecule has 5 rings (SSSR count). The van der Waals surface area contributed by atoms with Crippen LogP contribution in [0.4, 0.5) is 0 Å². The molecule has 0 radical (unpaired) electrons. The summed E-state index contributed by atoms with van der Waals surface area (Å²) in [4.78, 5) is 19.7. The van der Waals surface area contributed by atoms with Crippen molar-refractivity contribution in [3.05, 3.63) is 46.3 Å². The van der Waals surface area contributed by atoms with Crippen molar-refractivity contribution in [3.63, 3.8) is 0 Å². The number of hydrogen-bond acceptors (Lipinski definition) is 3. The van der Waals surface area contributed by atoms with Gasteiger partial charge in [-0.25, -0.2) is 0 Å². The fourth-order valence-corrected chi connectivity index (χ4v) is 6.83. The third-order valence-electron chi connectivity index (χ3n) is 7.54. The van der Waals surface area contributed by atoms with Gasteiger partial charge in [0.15, 0.2) is 0 Å². The van der Waals surface area contributed by atoms with E-state index in [1.165, 1.54) is 67.6 Å². The number of aryl methyl sites for hydroxylation is 1. The predicted molar refractivity (Wildman–Crippen MR) is 137 cm³/mol. The summed E-state index contributed by atoms with van der Waals surface area (Å²) >= 11 is 1.67. The predicted octanol–water partition coefficient (Wildman–Crippen LogP) is 7.11. The summed E-state index contributed by atoms with van der Waals surface area (Å²) in [6.07, 6.45) is 10.6. The number of benzene rings is 1. The van der Waals surface area contributed by atoms with Crippen molar-refractivity contribution >= 4 is 17.2 Å². The summed E-state index contributed by atoms with van der Waals surface area (Å²) < 4.78 is 0. The van der Waals surface area contributed by atoms with Gasteiger partial charge < -0.3 is 9.80 Å². The first-order valence-electron chi connectivity index (χ1n) is 12.9. The van der Waals surface area contributed by atoms with E-state index in [-0.39, 0.29) is 5.91 Å². The number of thiophene rings is 1. The van der Waals surface area contributed by atoms with Gasteiger partial charge in [-0.3, -0.25) is 4.79 Å². The molecule has 0 bridgehead atoms. The fourth-order valence-electron chi connectivity index (χ4n) is 5.69. The quantitative estimate of drug-likeness (QED) is 0.493. The summed E-state index contributed by atoms with van der Waals surface area (Å²) in [5.74, 6) is 0.931. The van der Waals surface area contributed by atoms with Crippen molar-refractivity contribution in [1.82, 2.24) is 9.80 Å². The van der Waals surface area contributed by atoms with Gasteiger partial charge in [0.1, 0.15) is 0 Å². The normalized spacial score (nSPS) is 20.4. The van der Waals surface area contributed by atoms with Gasteiger partial charge in [0.05, 0.1) is 4.88 Å². The molecular formula is C28H40N2OS. The molecule has 1 aromatic carbocycles. The summed E-state index contributed by atoms with van der Waals surface area (Å²) in [5, 5.41) is 0. The number of carbonyl (C=O) groups excluding carboxylic acids is 1. The molecule has 2 saturated heterocycles. The number of nitrogens with zero attached hydrogens (tertiary/aromatic N) is 2. The first-order chi connectivity index (χ1) is 15.7. The van der Waals surface area contributed by atoms with Crippen LogP contribution in [0.1, 0.15) is 91.9 Å². The third-order valence-corrected chi connectivity index (χ3v) is 8.82. The zero-order valence-corrected chi connectivity index (χ0v) is 21.1. The van der Waals surface area contributed by atoms with E-state index in [0.29, 0.717) is 5.92 Å². The second kappa shape index (κ2) is 11.0. The Kier molecular flexibility index (Phi) is 8.07. The van der Waals surface area contributed by atoms with Crippen LogP contribution in [-0.2, 0) is 0 Å². The van der Waals surface area contributed by atoms with E-state index >= 15 is 0 Å². The average molecular weight is 453 g/mol. The smallest absolute Gasteiger partial charge is 0.264 e. The molecule has 3 fully saturated rings. The number of carbonyl (C=O) groups is 1. The number of amides is 1. The molecule has 0 spiro atoms. The van der Waals surface area contributed by atoms with Crippen LogP contribution in [0.2, 0.25) is 0 Å². The first-order valence-corrected chi connectivity index (χ1v) is 13.7. The molecule has 1 saturated carbocycles. The topological polar surface area (TPSA) is 23.6 Å². The molecule has 0 N–H and O–H groups in total. The van der Waals surface area contributed by atoms with E-state index in [0.717, 1.165) is 42.4 Å². The standard InChI is InChI=1S/C26H34N2OS.C2H6/c1-19-18-24(30-25(19)26(29)28-14-4-5-15-28)22-10-8-20(9-11-22)21-12-16-27(17-13-21)23-6-2-3-7-23;1-2/h8-11,18,21,23H,2-7,12-17H2,1H3;1-2H3. The van der Waals surface area contributed by atoms with Crippen molar-refractivity contribution in [2.75, 3.05) is 26.2 Å². The first kappa shape index (κ1) is 23.5. The third kappa shape index (κ3) is 5.12. The van der Waals surface area contributed by atoms with Crippen LogP contribution >= 0.6 is 11.3 Å². The van der Waals surface area contributed by atoms with Crippen molar-refractivity contribution in [2.24, 2.45) is 0 Å². The molecule has 174 valence electrons. The van der Waals surface area contributed by atoms with E-state index in [2.05, 4.69) is 42.2 Å². The maximum Gasteiger partial charge on any atom is 0.264 e. The summed E-state index contributed by atoms with van der Waals surface area (Å²) in [7, 11) is 0. The molecule has 3 heterocycles. The minimum atomic E-state index is 0.229. The zero-order chi connectivity index (χ0) is 22.5. The van der Waals surface area contributed by atoms with E-state index < -0.39 is 0 Å². The lowest BCUT2D eigenvalue weighted by Gasteiger charge is -2.36. The molecule has 1 amide bonds. The molecule has 32 heavy (non-hydrogen) atoms. The molecule has 0 unspecified atom stereocenters. The Morgan fingerprint density at radius 1 is 0.875 bits per heavy atom. The van der Waals surface area contributed by atoms with E-state index in [4.69, 9.17) is 0 Å². The molecule has 1 aromatic heterocycles. The molecule has 4 heteroatoms. The van der Waals surface area contributed by atoms with Crippen LogP contribution in [0.5, 0.6) is 0 Å². The lowest BCUT2D eigenvalue weighted by Crippen LogP contribution is -2.39. The Balaban J connectivity index is 0.00000119. The van der Waals surface area contributed by atoms with E-state index in [9.17, 15) is 4.79 Å². The van der Waals surface area contributed by atoms with Crippen molar-refractivity contribution in [1.29, 1.82) is 0 Å². The van der Waals surface area contributed by atoms with E-state index in [1.54, 1.807) is 11.3 Å². The van der Waals surface area contributed by atoms with Gasteiger partial charge in [0, 0.05) is 24.0 Å². The van der Waals surface area contributed by atoms with Gasteiger partial charge in [-0.05, 0) is 87.2 Å². The van der Waals surface area contributed by atoms with Crippen LogP contribution in [0.25, 0.3) is 10.4 Å². The maximum absolute atomic E-state index is 12.8. The lowest BCUT2D eigenvalue weighted by molar-refractivity contribution is 0.0797. The monoisotopic (exact) mass is 452 g/mol. The van der Waals surface area contributed by atoms with Gasteiger partial charge in [0.25, 0.3) is 5.91 Å². The highest BCUT2D eigenvalue weighted by molar-refractivity contribution is 7.17. The van der Waals surface area contributed by atoms with Crippen molar-refractivity contribution in [2.45, 2.75) is 84.1 Å². The van der Waals surface area contributed by atoms with Crippen LogP contribution in [-0.4, -0.2) is 47.9 Å². The summed E-state index contributed by atoms with van der Waals surface area (Å²) in [6.45, 7) is 10.4. The highest BCUT2D eigenvalue weighted by atomic mass is 32.1. The van der Waals surface area contributed by atoms with Gasteiger partial charge in [-0.2, -0.15) is 0 Å². The average Bonchev–Trinajstić information content (AvgIpc) is 3.63. The molecule has 2 aromatic rings. The Bertz CT molecular complexity index is 867. The van der Waals surface area contributed by atoms with Gasteiger partial charge in [-0.1, -0.05) is 51.0 Å². The van der Waals surface area contributed by atoms with Crippen LogP contribution in [0, 0.1) is 6.92 Å². The summed E-state index contributed by atoms with van der Waals surface area (Å²) in [6, 6.07) is 12.3. The number of likely N-dealkylation sites (tertiary alicyclic amines) is 2. The minimum Gasteiger partial charge on any atom is -0.338 e. The number of piperidine rings is 1. The van der Waals surface area contributed by atoms with Crippen LogP contribution in [0.15, 0.2) is 30.3 Å². The molecule has 3 nitrogen and oxygen atoms in total. The number of hydrogen-bond donors (Lipinski definition) is 0. The Morgan fingerprint density at radius 2 is 1.50 bits per heavy atom. The molecule has 0 atom stereocenters. The second-order valence-corrected chi connectivity index (χ2v) is 10.5. The van der Waals surface area contributed by atoms with E-state index in [1.807, 2.05) is 18.7 Å². The van der Waals surface area contributed by atoms with Gasteiger partial charge >= 0.3 is 0 Å². The van der Waals surface area contributed by atoms with Crippen molar-refractivity contribution < 1.29 is 4.79 Å². The molecular weight excluding hydrogens is 412 g/mol. The molecule has 1 aliphatic carbocycles. The Labute approximate surface area is 198 Å². The number of rotatable bonds is 4. The zero-order valence-electron chi connectivity index (χ0n) is 20.2. The SMILES string of the molecule is CC.Cc1cc(-c2ccc(C3CCN(C4CCCC4)CC3)cc2)sc1C(=O)N1CCCC1. The highest BCUT2D eigenvalue weighted by Crippen LogP contribution is 2.36. The molecule has 2 aliphatic heterocycles. The van der Waals surface area contributed by atoms with Gasteiger partial charge in [-0.15, -0.1) is 11.3 Å². The largest absolute Gasteiger partial charge is 0.338 e. The minimum absolute atomic E-state index is 0.229. The maximum atomic E-state index is 12.8. The Hall–Kier alpha value is -1.65. The second-order valence-electron chi connectivity index (χ2n) is 9.49. The Morgan fingerprint density at radius 3 is 2.12 bits per heavy atom. The van der Waals surface area contributed by atoms with Crippen molar-refractivity contribution in [3.8, 4) is 10.4 Å². The highest BCUT2D eigenvalue weighted by Gasteiger charge is 2.28. The van der Waals surface area contributed by atoms with Gasteiger partial charge in [0.2, 0.25) is 0 Å². The summed E-state index contributed by atoms with van der Waals surface area (Å²) in [5.41, 5.74) is 3.86.